The van der Waals surface area contributed by atoms with Crippen LogP contribution in [0.2, 0.25) is 5.02 Å². The first-order valence-electron chi connectivity index (χ1n) is 9.49. The lowest BCUT2D eigenvalue weighted by molar-refractivity contribution is -0.170. The summed E-state index contributed by atoms with van der Waals surface area (Å²) in [6, 6.07) is 18.8. The van der Waals surface area contributed by atoms with Crippen molar-refractivity contribution in [2.24, 2.45) is 10.2 Å². The van der Waals surface area contributed by atoms with E-state index >= 15 is 0 Å². The largest absolute Gasteiger partial charge is 0.575 e. The Morgan fingerprint density at radius 1 is 1.07 bits per heavy atom. The van der Waals surface area contributed by atoms with Gasteiger partial charge >= 0.3 is 14.1 Å². The first-order chi connectivity index (χ1) is 14.2. The fourth-order valence-corrected chi connectivity index (χ4v) is 3.83. The molecule has 0 aromatic heterocycles. The fraction of sp³-hybridized carbons (Fsp3) is 0.261. The van der Waals surface area contributed by atoms with Gasteiger partial charge in [-0.3, -0.25) is 4.52 Å². The lowest BCUT2D eigenvalue weighted by Gasteiger charge is -2.19. The van der Waals surface area contributed by atoms with Gasteiger partial charge in [0.05, 0.1) is 11.6 Å². The SMILES string of the molecule is CC(C)(C)COC(=O)[C@H](N=[P+]([O-])Oc1c(Cl)ccc2ccccc12)c1ccccc1. The van der Waals surface area contributed by atoms with Gasteiger partial charge in [-0.15, -0.1) is 0 Å². The van der Waals surface area contributed by atoms with Crippen molar-refractivity contribution in [1.82, 2.24) is 0 Å². The molecule has 0 saturated heterocycles. The highest BCUT2D eigenvalue weighted by atomic mass is 35.5. The highest BCUT2D eigenvalue weighted by Gasteiger charge is 2.28. The first-order valence-corrected chi connectivity index (χ1v) is 11.0. The van der Waals surface area contributed by atoms with E-state index in [4.69, 9.17) is 20.9 Å². The van der Waals surface area contributed by atoms with Crippen molar-refractivity contribution in [2.75, 3.05) is 6.61 Å². The highest BCUT2D eigenvalue weighted by Crippen LogP contribution is 2.39. The number of esters is 1. The van der Waals surface area contributed by atoms with Gasteiger partial charge in [-0.05, 0) is 22.4 Å². The third kappa shape index (κ3) is 5.79. The van der Waals surface area contributed by atoms with Crippen LogP contribution in [-0.2, 0) is 9.53 Å². The number of hydrogen-bond acceptors (Lipinski definition) is 5. The van der Waals surface area contributed by atoms with Crippen LogP contribution in [0.15, 0.2) is 71.5 Å². The zero-order chi connectivity index (χ0) is 21.7. The number of nitrogens with zero attached hydrogens (tertiary/aromatic N) is 1. The first kappa shape index (κ1) is 22.2. The molecule has 0 aliphatic carbocycles. The minimum atomic E-state index is -2.59. The third-order valence-electron chi connectivity index (χ3n) is 4.20. The van der Waals surface area contributed by atoms with Crippen LogP contribution in [0.4, 0.5) is 0 Å². The number of hydrogen-bond donors (Lipinski definition) is 0. The Hall–Kier alpha value is -2.46. The summed E-state index contributed by atoms with van der Waals surface area (Å²) in [5, 5.41) is 1.93. The van der Waals surface area contributed by atoms with Gasteiger partial charge in [-0.25, -0.2) is 4.79 Å². The molecule has 2 atom stereocenters. The molecule has 0 fully saturated rings. The van der Waals surface area contributed by atoms with Gasteiger partial charge < -0.3 is 9.63 Å². The summed E-state index contributed by atoms with van der Waals surface area (Å²) in [4.78, 5) is 25.5. The van der Waals surface area contributed by atoms with Crippen LogP contribution in [0.5, 0.6) is 5.75 Å². The number of rotatable bonds is 6. The summed E-state index contributed by atoms with van der Waals surface area (Å²) in [7, 11) is -2.59. The molecule has 7 heteroatoms. The molecule has 30 heavy (non-hydrogen) atoms. The van der Waals surface area contributed by atoms with Crippen LogP contribution < -0.4 is 9.42 Å². The Morgan fingerprint density at radius 2 is 1.73 bits per heavy atom. The van der Waals surface area contributed by atoms with Crippen LogP contribution >= 0.6 is 19.8 Å². The molecule has 156 valence electrons. The Kier molecular flexibility index (Phi) is 7.09. The summed E-state index contributed by atoms with van der Waals surface area (Å²) in [5.41, 5.74) is 0.374. The monoisotopic (exact) mass is 443 g/mol. The van der Waals surface area contributed by atoms with E-state index in [-0.39, 0.29) is 17.8 Å². The zero-order valence-electron chi connectivity index (χ0n) is 17.0. The lowest BCUT2D eigenvalue weighted by atomic mass is 9.98. The van der Waals surface area contributed by atoms with Crippen LogP contribution in [0.25, 0.3) is 10.8 Å². The Bertz CT molecular complexity index is 1060. The fourth-order valence-electron chi connectivity index (χ4n) is 2.76. The van der Waals surface area contributed by atoms with Crippen molar-refractivity contribution < 1.29 is 18.9 Å². The smallest absolute Gasteiger partial charge is 0.395 e. The zero-order valence-corrected chi connectivity index (χ0v) is 18.7. The van der Waals surface area contributed by atoms with E-state index in [1.165, 1.54) is 0 Å². The van der Waals surface area contributed by atoms with Gasteiger partial charge in [-0.2, -0.15) is 0 Å². The topological polar surface area (TPSA) is 71.0 Å². The maximum Gasteiger partial charge on any atom is 0.395 e. The molecule has 0 aliphatic rings. The van der Waals surface area contributed by atoms with Gasteiger partial charge in [0.15, 0.2) is 0 Å². The molecule has 0 aliphatic heterocycles. The van der Waals surface area contributed by atoms with Gasteiger partial charge in [0, 0.05) is 5.39 Å². The van der Waals surface area contributed by atoms with Gasteiger partial charge in [0.25, 0.3) is 0 Å². The predicted octanol–water partition coefficient (Wildman–Crippen LogP) is 6.06. The van der Waals surface area contributed by atoms with Gasteiger partial charge in [0.2, 0.25) is 11.8 Å². The maximum absolute atomic E-state index is 12.8. The van der Waals surface area contributed by atoms with E-state index in [1.807, 2.05) is 57.2 Å². The number of ether oxygens (including phenoxy) is 1. The third-order valence-corrected chi connectivity index (χ3v) is 5.25. The van der Waals surface area contributed by atoms with E-state index in [1.54, 1.807) is 30.3 Å². The van der Waals surface area contributed by atoms with E-state index in [0.29, 0.717) is 10.6 Å². The molecule has 0 bridgehead atoms. The summed E-state index contributed by atoms with van der Waals surface area (Å²) in [5.74, 6) is -0.304. The number of carbonyl (C=O) groups excluding carboxylic acids is 1. The number of benzene rings is 3. The number of carbonyl (C=O) groups is 1. The second-order valence-electron chi connectivity index (χ2n) is 8.02. The molecule has 3 aromatic rings. The summed E-state index contributed by atoms with van der Waals surface area (Å²) in [6.45, 7) is 6.10. The molecule has 0 amide bonds. The highest BCUT2D eigenvalue weighted by molar-refractivity contribution is 7.34. The molecule has 0 radical (unpaired) electrons. The van der Waals surface area contributed by atoms with Crippen molar-refractivity contribution in [1.29, 1.82) is 0 Å². The summed E-state index contributed by atoms with van der Waals surface area (Å²) in [6.07, 6.45) is 0. The minimum absolute atomic E-state index is 0.202. The van der Waals surface area contributed by atoms with E-state index in [2.05, 4.69) is 4.74 Å². The molecule has 1 unspecified atom stereocenters. The normalized spacial score (nSPS) is 13.2. The maximum atomic E-state index is 12.8. The number of halogens is 1. The minimum Gasteiger partial charge on any atom is -0.575 e. The Balaban J connectivity index is 1.91. The van der Waals surface area contributed by atoms with Crippen molar-refractivity contribution in [3.05, 3.63) is 77.3 Å². The quantitative estimate of drug-likeness (QED) is 0.343. The molecule has 0 N–H and O–H groups in total. The van der Waals surface area contributed by atoms with Crippen LogP contribution in [0.1, 0.15) is 32.4 Å². The van der Waals surface area contributed by atoms with E-state index < -0.39 is 20.2 Å². The molecular weight excluding hydrogens is 421 g/mol. The van der Waals surface area contributed by atoms with Gasteiger partial charge in [0.1, 0.15) is 0 Å². The molecule has 5 nitrogen and oxygen atoms in total. The van der Waals surface area contributed by atoms with Crippen molar-refractivity contribution in [2.45, 2.75) is 26.8 Å². The van der Waals surface area contributed by atoms with E-state index in [0.717, 1.165) is 10.8 Å². The van der Waals surface area contributed by atoms with Crippen LogP contribution in [0, 0.1) is 5.41 Å². The standard InChI is InChI=1S/C23H23ClNO4P/c1-23(2,3)15-28-22(26)20(17-10-5-4-6-11-17)25-30(27)29-21-18-12-8-7-9-16(18)13-14-19(21)24/h4-14,20H,15H2,1-3H3/t20-/m1/s1. The lowest BCUT2D eigenvalue weighted by Crippen LogP contribution is -2.22. The van der Waals surface area contributed by atoms with Crippen LogP contribution in [0.3, 0.4) is 0 Å². The predicted molar refractivity (Wildman–Crippen MR) is 119 cm³/mol. The number of fused-ring (bicyclic) bond motifs is 1. The Morgan fingerprint density at radius 3 is 2.43 bits per heavy atom. The van der Waals surface area contributed by atoms with Crippen molar-refractivity contribution in [3.8, 4) is 5.75 Å². The molecule has 0 saturated carbocycles. The molecule has 3 aromatic carbocycles. The van der Waals surface area contributed by atoms with Gasteiger partial charge in [-0.1, -0.05) is 97.8 Å². The van der Waals surface area contributed by atoms with Crippen molar-refractivity contribution >= 4 is 36.5 Å². The van der Waals surface area contributed by atoms with Crippen molar-refractivity contribution in [3.63, 3.8) is 0 Å². The summed E-state index contributed by atoms with van der Waals surface area (Å²) >= 11 is 6.28. The second kappa shape index (κ2) is 9.57. The average molecular weight is 444 g/mol. The van der Waals surface area contributed by atoms with Crippen LogP contribution in [-0.4, -0.2) is 12.6 Å². The molecular formula is C23H23ClNO4P. The summed E-state index contributed by atoms with van der Waals surface area (Å²) < 4.78 is 15.2. The Labute approximate surface area is 182 Å². The molecule has 0 heterocycles. The second-order valence-corrected chi connectivity index (χ2v) is 9.32. The average Bonchev–Trinajstić information content (AvgIpc) is 2.72. The molecule has 3 rings (SSSR count). The van der Waals surface area contributed by atoms with E-state index in [9.17, 15) is 9.69 Å². The molecule has 0 spiro atoms.